The van der Waals surface area contributed by atoms with Crippen molar-refractivity contribution in [2.75, 3.05) is 13.2 Å². The molecule has 0 bridgehead atoms. The first-order chi connectivity index (χ1) is 6.90. The van der Waals surface area contributed by atoms with Crippen molar-refractivity contribution in [3.05, 3.63) is 0 Å². The molecule has 0 N–H and O–H groups in total. The van der Waals surface area contributed by atoms with Crippen LogP contribution in [0.5, 0.6) is 0 Å². The van der Waals surface area contributed by atoms with E-state index in [0.717, 1.165) is 19.3 Å². The van der Waals surface area contributed by atoms with Crippen LogP contribution in [0.3, 0.4) is 0 Å². The fourth-order valence-corrected chi connectivity index (χ4v) is 1.41. The van der Waals surface area contributed by atoms with Crippen LogP contribution in [0.4, 0.5) is 0 Å². The zero-order valence-electron chi connectivity index (χ0n) is 10.3. The van der Waals surface area contributed by atoms with E-state index in [-0.39, 0.29) is 17.0 Å². The molecule has 0 saturated carbocycles. The van der Waals surface area contributed by atoms with Crippen molar-refractivity contribution in [3.63, 3.8) is 0 Å². The molecular formula is C12H22O3. The van der Waals surface area contributed by atoms with Gasteiger partial charge in [-0.2, -0.15) is 0 Å². The quantitative estimate of drug-likeness (QED) is 0.677. The Bertz CT molecular complexity index is 227. The number of carbonyl (C=O) groups is 1. The van der Waals surface area contributed by atoms with Gasteiger partial charge >= 0.3 is 5.97 Å². The van der Waals surface area contributed by atoms with Crippen molar-refractivity contribution in [3.8, 4) is 0 Å². The molecule has 0 aromatic carbocycles. The number of carbonyl (C=O) groups excluding carboxylic acids is 1. The fraction of sp³-hybridized carbons (Fsp3) is 0.917. The van der Waals surface area contributed by atoms with Crippen LogP contribution in [-0.2, 0) is 14.3 Å². The molecule has 1 fully saturated rings. The van der Waals surface area contributed by atoms with Crippen LogP contribution in [0, 0.1) is 5.41 Å². The van der Waals surface area contributed by atoms with Crippen molar-refractivity contribution in [1.82, 2.24) is 0 Å². The van der Waals surface area contributed by atoms with Crippen LogP contribution in [0.15, 0.2) is 0 Å². The van der Waals surface area contributed by atoms with Gasteiger partial charge in [-0.05, 0) is 27.2 Å². The van der Waals surface area contributed by atoms with Gasteiger partial charge in [-0.3, -0.25) is 4.79 Å². The molecule has 15 heavy (non-hydrogen) atoms. The van der Waals surface area contributed by atoms with Gasteiger partial charge in [-0.15, -0.1) is 0 Å². The first-order valence-corrected chi connectivity index (χ1v) is 5.71. The van der Waals surface area contributed by atoms with Crippen LogP contribution in [0.2, 0.25) is 0 Å². The standard InChI is InChI=1S/C12H22O3/c1-5-11(2,3)10(13)15-12(4)6-8-14-9-7-12/h5-9H2,1-4H3. The van der Waals surface area contributed by atoms with E-state index >= 15 is 0 Å². The Hall–Kier alpha value is -0.570. The van der Waals surface area contributed by atoms with E-state index in [4.69, 9.17) is 9.47 Å². The molecule has 0 spiro atoms. The second kappa shape index (κ2) is 4.52. The second-order valence-electron chi connectivity index (χ2n) is 5.19. The molecule has 1 aliphatic heterocycles. The minimum Gasteiger partial charge on any atom is -0.459 e. The molecule has 88 valence electrons. The van der Waals surface area contributed by atoms with Gasteiger partial charge in [-0.25, -0.2) is 0 Å². The molecule has 3 heteroatoms. The molecule has 0 aliphatic carbocycles. The molecule has 3 nitrogen and oxygen atoms in total. The SMILES string of the molecule is CCC(C)(C)C(=O)OC1(C)CCOCC1. The number of ether oxygens (including phenoxy) is 2. The summed E-state index contributed by atoms with van der Waals surface area (Å²) in [6, 6.07) is 0. The normalized spacial score (nSPS) is 21.1. The van der Waals surface area contributed by atoms with E-state index < -0.39 is 0 Å². The molecule has 1 aliphatic rings. The summed E-state index contributed by atoms with van der Waals surface area (Å²) >= 11 is 0. The number of hydrogen-bond donors (Lipinski definition) is 0. The van der Waals surface area contributed by atoms with E-state index in [9.17, 15) is 4.79 Å². The topological polar surface area (TPSA) is 35.5 Å². The van der Waals surface area contributed by atoms with Crippen molar-refractivity contribution in [2.24, 2.45) is 5.41 Å². The zero-order chi connectivity index (χ0) is 11.5. The Morgan fingerprint density at radius 2 is 1.93 bits per heavy atom. The lowest BCUT2D eigenvalue weighted by molar-refractivity contribution is -0.177. The van der Waals surface area contributed by atoms with E-state index in [1.807, 2.05) is 27.7 Å². The molecule has 0 aromatic rings. The van der Waals surface area contributed by atoms with Gasteiger partial charge in [0.25, 0.3) is 0 Å². The average Bonchev–Trinajstić information content (AvgIpc) is 2.18. The van der Waals surface area contributed by atoms with Gasteiger partial charge in [0, 0.05) is 12.8 Å². The Kier molecular flexibility index (Phi) is 3.77. The minimum atomic E-state index is -0.374. The molecule has 0 unspecified atom stereocenters. The molecule has 0 atom stereocenters. The minimum absolute atomic E-state index is 0.0885. The molecule has 1 saturated heterocycles. The maximum atomic E-state index is 11.9. The molecule has 0 amide bonds. The predicted molar refractivity (Wildman–Crippen MR) is 58.6 cm³/mol. The molecular weight excluding hydrogens is 192 g/mol. The second-order valence-corrected chi connectivity index (χ2v) is 5.19. The maximum absolute atomic E-state index is 11.9. The van der Waals surface area contributed by atoms with Gasteiger partial charge in [-0.1, -0.05) is 6.92 Å². The van der Waals surface area contributed by atoms with Crippen LogP contribution >= 0.6 is 0 Å². The van der Waals surface area contributed by atoms with Crippen LogP contribution in [-0.4, -0.2) is 24.8 Å². The smallest absolute Gasteiger partial charge is 0.312 e. The zero-order valence-corrected chi connectivity index (χ0v) is 10.3. The summed E-state index contributed by atoms with van der Waals surface area (Å²) in [5, 5.41) is 0. The first-order valence-electron chi connectivity index (χ1n) is 5.71. The number of rotatable bonds is 3. The summed E-state index contributed by atoms with van der Waals surface area (Å²) in [5.74, 6) is -0.0885. The van der Waals surface area contributed by atoms with E-state index in [1.54, 1.807) is 0 Å². The third-order valence-corrected chi connectivity index (χ3v) is 3.33. The van der Waals surface area contributed by atoms with Crippen molar-refractivity contribution >= 4 is 5.97 Å². The third-order valence-electron chi connectivity index (χ3n) is 3.33. The fourth-order valence-electron chi connectivity index (χ4n) is 1.41. The van der Waals surface area contributed by atoms with E-state index in [0.29, 0.717) is 13.2 Å². The number of esters is 1. The molecule has 1 heterocycles. The van der Waals surface area contributed by atoms with Gasteiger partial charge in [0.15, 0.2) is 0 Å². The average molecular weight is 214 g/mol. The highest BCUT2D eigenvalue weighted by atomic mass is 16.6. The summed E-state index contributed by atoms with van der Waals surface area (Å²) in [5.41, 5.74) is -0.691. The van der Waals surface area contributed by atoms with Crippen molar-refractivity contribution in [2.45, 2.75) is 52.6 Å². The Morgan fingerprint density at radius 1 is 1.40 bits per heavy atom. The van der Waals surface area contributed by atoms with Gasteiger partial charge in [0.1, 0.15) is 5.60 Å². The first kappa shape index (κ1) is 12.5. The third kappa shape index (κ3) is 3.20. The monoisotopic (exact) mass is 214 g/mol. The molecule has 0 aromatic heterocycles. The Balaban J connectivity index is 2.56. The summed E-state index contributed by atoms with van der Waals surface area (Å²) in [7, 11) is 0. The van der Waals surface area contributed by atoms with Crippen molar-refractivity contribution in [1.29, 1.82) is 0 Å². The highest BCUT2D eigenvalue weighted by molar-refractivity contribution is 5.76. The highest BCUT2D eigenvalue weighted by Crippen LogP contribution is 2.30. The van der Waals surface area contributed by atoms with Gasteiger partial charge in [0.05, 0.1) is 18.6 Å². The summed E-state index contributed by atoms with van der Waals surface area (Å²) in [6.07, 6.45) is 2.41. The lowest BCUT2D eigenvalue weighted by atomic mass is 9.89. The summed E-state index contributed by atoms with van der Waals surface area (Å²) in [6.45, 7) is 9.25. The van der Waals surface area contributed by atoms with Crippen molar-refractivity contribution < 1.29 is 14.3 Å². The summed E-state index contributed by atoms with van der Waals surface area (Å²) < 4.78 is 10.9. The maximum Gasteiger partial charge on any atom is 0.312 e. The Labute approximate surface area is 92.1 Å². The van der Waals surface area contributed by atoms with Crippen LogP contribution in [0.1, 0.15) is 47.0 Å². The van der Waals surface area contributed by atoms with E-state index in [1.165, 1.54) is 0 Å². The largest absolute Gasteiger partial charge is 0.459 e. The van der Waals surface area contributed by atoms with Gasteiger partial charge in [0.2, 0.25) is 0 Å². The van der Waals surface area contributed by atoms with Crippen LogP contribution in [0.25, 0.3) is 0 Å². The van der Waals surface area contributed by atoms with Crippen LogP contribution < -0.4 is 0 Å². The lowest BCUT2D eigenvalue weighted by Crippen LogP contribution is -2.41. The highest BCUT2D eigenvalue weighted by Gasteiger charge is 2.36. The molecule has 0 radical (unpaired) electrons. The lowest BCUT2D eigenvalue weighted by Gasteiger charge is -2.35. The predicted octanol–water partition coefficient (Wildman–Crippen LogP) is 2.53. The van der Waals surface area contributed by atoms with Gasteiger partial charge < -0.3 is 9.47 Å². The molecule has 1 rings (SSSR count). The number of hydrogen-bond acceptors (Lipinski definition) is 3. The Morgan fingerprint density at radius 3 is 2.40 bits per heavy atom. The summed E-state index contributed by atoms with van der Waals surface area (Å²) in [4.78, 5) is 11.9. The van der Waals surface area contributed by atoms with E-state index in [2.05, 4.69) is 0 Å².